The van der Waals surface area contributed by atoms with E-state index in [0.717, 1.165) is 9.47 Å². The van der Waals surface area contributed by atoms with Crippen molar-refractivity contribution in [1.29, 1.82) is 0 Å². The second-order valence-electron chi connectivity index (χ2n) is 4.57. The van der Waals surface area contributed by atoms with Gasteiger partial charge in [0, 0.05) is 19.1 Å². The summed E-state index contributed by atoms with van der Waals surface area (Å²) in [7, 11) is 0. The molecule has 1 aliphatic carbocycles. The molecule has 0 spiro atoms. The van der Waals surface area contributed by atoms with Crippen LogP contribution in [0.25, 0.3) is 0 Å². The summed E-state index contributed by atoms with van der Waals surface area (Å²) in [6.07, 6.45) is 2.44. The number of carbonyl (C=O) groups is 1. The molecule has 1 amide bonds. The van der Waals surface area contributed by atoms with E-state index in [9.17, 15) is 4.79 Å². The fourth-order valence-electron chi connectivity index (χ4n) is 1.76. The summed E-state index contributed by atoms with van der Waals surface area (Å²) in [6, 6.07) is 0.584. The van der Waals surface area contributed by atoms with Gasteiger partial charge in [0.1, 0.15) is 0 Å². The Morgan fingerprint density at radius 2 is 2.21 bits per heavy atom. The number of rotatable bonds is 5. The second kappa shape index (κ2) is 6.06. The second-order valence-corrected chi connectivity index (χ2v) is 6.77. The van der Waals surface area contributed by atoms with Gasteiger partial charge in [-0.05, 0) is 12.8 Å². The van der Waals surface area contributed by atoms with Crippen molar-refractivity contribution in [3.8, 4) is 0 Å². The van der Waals surface area contributed by atoms with Crippen LogP contribution >= 0.6 is 23.1 Å². The Morgan fingerprint density at radius 1 is 1.42 bits per heavy atom. The molecule has 0 atom stereocenters. The van der Waals surface area contributed by atoms with Crippen molar-refractivity contribution < 1.29 is 9.53 Å². The molecule has 0 radical (unpaired) electrons. The number of thioether (sulfide) groups is 1. The minimum Gasteiger partial charge on any atom is -0.378 e. The number of nitrogens with one attached hydrogen (secondary N) is 1. The fourth-order valence-corrected chi connectivity index (χ4v) is 3.49. The number of ether oxygens (including phenoxy) is 1. The molecule has 3 rings (SSSR count). The molecule has 0 unspecified atom stereocenters. The summed E-state index contributed by atoms with van der Waals surface area (Å²) >= 11 is 2.99. The van der Waals surface area contributed by atoms with Crippen molar-refractivity contribution in [3.05, 3.63) is 0 Å². The Hall–Kier alpha value is -0.860. The Balaban J connectivity index is 1.45. The van der Waals surface area contributed by atoms with Gasteiger partial charge in [0.25, 0.3) is 0 Å². The SMILES string of the molecule is O=C(CSc1nnc(NC2CC2)s1)N1CCOCC1. The minimum atomic E-state index is 0.153. The molecule has 1 aromatic rings. The zero-order valence-electron chi connectivity index (χ0n) is 10.5. The van der Waals surface area contributed by atoms with E-state index in [2.05, 4.69) is 15.5 Å². The van der Waals surface area contributed by atoms with Gasteiger partial charge in [0.05, 0.1) is 19.0 Å². The molecule has 1 saturated carbocycles. The lowest BCUT2D eigenvalue weighted by atomic mass is 10.4. The predicted octanol–water partition coefficient (Wildman–Crippen LogP) is 1.06. The molecule has 6 nitrogen and oxygen atoms in total. The number of anilines is 1. The topological polar surface area (TPSA) is 67.4 Å². The van der Waals surface area contributed by atoms with Crippen molar-refractivity contribution in [2.24, 2.45) is 0 Å². The van der Waals surface area contributed by atoms with Crippen molar-refractivity contribution in [2.45, 2.75) is 23.2 Å². The maximum absolute atomic E-state index is 12.0. The molecule has 19 heavy (non-hydrogen) atoms. The first-order valence-corrected chi connectivity index (χ1v) is 8.20. The number of aromatic nitrogens is 2. The number of hydrogen-bond donors (Lipinski definition) is 1. The van der Waals surface area contributed by atoms with Crippen molar-refractivity contribution >= 4 is 34.1 Å². The van der Waals surface area contributed by atoms with Crippen LogP contribution in [0.3, 0.4) is 0 Å². The third-order valence-corrected chi connectivity index (χ3v) is 4.97. The van der Waals surface area contributed by atoms with E-state index in [1.54, 1.807) is 0 Å². The summed E-state index contributed by atoms with van der Waals surface area (Å²) in [5, 5.41) is 12.3. The van der Waals surface area contributed by atoms with E-state index in [-0.39, 0.29) is 5.91 Å². The summed E-state index contributed by atoms with van der Waals surface area (Å²) in [6.45, 7) is 2.68. The van der Waals surface area contributed by atoms with Gasteiger partial charge in [0.2, 0.25) is 11.0 Å². The standard InChI is InChI=1S/C11H16N4O2S2/c16-9(15-3-5-17-6-4-15)7-18-11-14-13-10(19-11)12-8-1-2-8/h8H,1-7H2,(H,12,13). The maximum atomic E-state index is 12.0. The van der Waals surface area contributed by atoms with Gasteiger partial charge >= 0.3 is 0 Å². The molecule has 0 bridgehead atoms. The quantitative estimate of drug-likeness (QED) is 0.820. The number of nitrogens with zero attached hydrogens (tertiary/aromatic N) is 3. The highest BCUT2D eigenvalue weighted by Crippen LogP contribution is 2.30. The summed E-state index contributed by atoms with van der Waals surface area (Å²) in [4.78, 5) is 13.8. The van der Waals surface area contributed by atoms with Crippen molar-refractivity contribution in [2.75, 3.05) is 37.4 Å². The first-order chi connectivity index (χ1) is 9.31. The van der Waals surface area contributed by atoms with Gasteiger partial charge in [0.15, 0.2) is 4.34 Å². The summed E-state index contributed by atoms with van der Waals surface area (Å²) < 4.78 is 6.08. The van der Waals surface area contributed by atoms with Crippen LogP contribution in [0.15, 0.2) is 4.34 Å². The average Bonchev–Trinajstić information content (AvgIpc) is 3.14. The van der Waals surface area contributed by atoms with Crippen molar-refractivity contribution in [3.63, 3.8) is 0 Å². The van der Waals surface area contributed by atoms with E-state index in [4.69, 9.17) is 4.74 Å². The highest BCUT2D eigenvalue weighted by atomic mass is 32.2. The number of hydrogen-bond acceptors (Lipinski definition) is 7. The first-order valence-electron chi connectivity index (χ1n) is 6.39. The van der Waals surface area contributed by atoms with Crippen LogP contribution in [-0.4, -0.2) is 59.1 Å². The van der Waals surface area contributed by atoms with Gasteiger partial charge in [-0.15, -0.1) is 10.2 Å². The Labute approximate surface area is 119 Å². The highest BCUT2D eigenvalue weighted by molar-refractivity contribution is 8.01. The molecule has 2 aliphatic rings. The first kappa shape index (κ1) is 13.1. The normalized spacial score (nSPS) is 19.5. The molecular weight excluding hydrogens is 284 g/mol. The van der Waals surface area contributed by atoms with E-state index >= 15 is 0 Å². The van der Waals surface area contributed by atoms with E-state index in [1.807, 2.05) is 4.90 Å². The monoisotopic (exact) mass is 300 g/mol. The van der Waals surface area contributed by atoms with Crippen LogP contribution < -0.4 is 5.32 Å². The average molecular weight is 300 g/mol. The number of morpholine rings is 1. The van der Waals surface area contributed by atoms with Crippen LogP contribution in [0.5, 0.6) is 0 Å². The van der Waals surface area contributed by atoms with Gasteiger partial charge in [-0.25, -0.2) is 0 Å². The van der Waals surface area contributed by atoms with E-state index < -0.39 is 0 Å². The van der Waals surface area contributed by atoms with Crippen LogP contribution in [0.1, 0.15) is 12.8 Å². The summed E-state index contributed by atoms with van der Waals surface area (Å²) in [5.74, 6) is 0.582. The van der Waals surface area contributed by atoms with Gasteiger partial charge in [-0.3, -0.25) is 4.79 Å². The maximum Gasteiger partial charge on any atom is 0.233 e. The van der Waals surface area contributed by atoms with E-state index in [0.29, 0.717) is 38.1 Å². The Kier molecular flexibility index (Phi) is 4.19. The smallest absolute Gasteiger partial charge is 0.233 e. The van der Waals surface area contributed by atoms with Crippen LogP contribution in [0.4, 0.5) is 5.13 Å². The third-order valence-electron chi connectivity index (χ3n) is 2.99. The molecule has 0 aromatic carbocycles. The molecule has 1 aliphatic heterocycles. The minimum absolute atomic E-state index is 0.153. The molecular formula is C11H16N4O2S2. The van der Waals surface area contributed by atoms with Crippen LogP contribution in [-0.2, 0) is 9.53 Å². The predicted molar refractivity (Wildman–Crippen MR) is 74.7 cm³/mol. The summed E-state index contributed by atoms with van der Waals surface area (Å²) in [5.41, 5.74) is 0. The molecule has 8 heteroatoms. The Morgan fingerprint density at radius 3 is 2.95 bits per heavy atom. The largest absolute Gasteiger partial charge is 0.378 e. The zero-order chi connectivity index (χ0) is 13.1. The molecule has 2 fully saturated rings. The lowest BCUT2D eigenvalue weighted by Gasteiger charge is -2.26. The molecule has 104 valence electrons. The van der Waals surface area contributed by atoms with Gasteiger partial charge in [-0.2, -0.15) is 0 Å². The number of carbonyl (C=O) groups excluding carboxylic acids is 1. The fraction of sp³-hybridized carbons (Fsp3) is 0.727. The molecule has 1 saturated heterocycles. The van der Waals surface area contributed by atoms with Crippen molar-refractivity contribution in [1.82, 2.24) is 15.1 Å². The van der Waals surface area contributed by atoms with Crippen LogP contribution in [0.2, 0.25) is 0 Å². The molecule has 2 heterocycles. The lowest BCUT2D eigenvalue weighted by molar-refractivity contribution is -0.132. The number of amides is 1. The van der Waals surface area contributed by atoms with Gasteiger partial charge < -0.3 is 15.0 Å². The third kappa shape index (κ3) is 3.80. The van der Waals surface area contributed by atoms with Gasteiger partial charge in [-0.1, -0.05) is 23.1 Å². The van der Waals surface area contributed by atoms with Crippen LogP contribution in [0, 0.1) is 0 Å². The lowest BCUT2D eigenvalue weighted by Crippen LogP contribution is -2.41. The molecule has 1 N–H and O–H groups in total. The molecule has 1 aromatic heterocycles. The van der Waals surface area contributed by atoms with E-state index in [1.165, 1.54) is 35.9 Å². The zero-order valence-corrected chi connectivity index (χ0v) is 12.1. The Bertz CT molecular complexity index is 444. The highest BCUT2D eigenvalue weighted by Gasteiger charge is 2.23.